The Hall–Kier alpha value is -0.620. The van der Waals surface area contributed by atoms with Crippen molar-refractivity contribution in [3.05, 3.63) is 34.9 Å². The SMILES string of the molecule is CC(c1ccccc1Cl)N(C)S(=O)(=O)CCCCN. The van der Waals surface area contributed by atoms with E-state index in [0.717, 1.165) is 5.56 Å². The Kier molecular flexibility index (Phi) is 6.26. The molecule has 6 heteroatoms. The van der Waals surface area contributed by atoms with Gasteiger partial charge in [-0.15, -0.1) is 0 Å². The molecule has 2 N–H and O–H groups in total. The van der Waals surface area contributed by atoms with E-state index in [1.165, 1.54) is 4.31 Å². The van der Waals surface area contributed by atoms with Crippen molar-refractivity contribution in [2.24, 2.45) is 5.73 Å². The van der Waals surface area contributed by atoms with E-state index in [1.807, 2.05) is 25.1 Å². The van der Waals surface area contributed by atoms with Crippen molar-refractivity contribution in [3.8, 4) is 0 Å². The summed E-state index contributed by atoms with van der Waals surface area (Å²) in [6.07, 6.45) is 1.30. The molecule has 1 aromatic carbocycles. The fraction of sp³-hybridized carbons (Fsp3) is 0.538. The van der Waals surface area contributed by atoms with Gasteiger partial charge in [-0.05, 0) is 37.9 Å². The highest BCUT2D eigenvalue weighted by molar-refractivity contribution is 7.89. The van der Waals surface area contributed by atoms with Crippen LogP contribution in [0.1, 0.15) is 31.4 Å². The molecular formula is C13H21ClN2O2S. The molecule has 1 atom stereocenters. The minimum atomic E-state index is -3.28. The molecular weight excluding hydrogens is 284 g/mol. The van der Waals surface area contributed by atoms with Gasteiger partial charge in [-0.2, -0.15) is 4.31 Å². The van der Waals surface area contributed by atoms with E-state index in [-0.39, 0.29) is 11.8 Å². The maximum atomic E-state index is 12.2. The molecule has 0 saturated heterocycles. The average molecular weight is 305 g/mol. The van der Waals surface area contributed by atoms with Gasteiger partial charge in [-0.3, -0.25) is 0 Å². The lowest BCUT2D eigenvalue weighted by atomic mass is 10.1. The van der Waals surface area contributed by atoms with E-state index in [1.54, 1.807) is 13.1 Å². The molecule has 1 aromatic rings. The smallest absolute Gasteiger partial charge is 0.214 e. The second-order valence-electron chi connectivity index (χ2n) is 4.53. The predicted molar refractivity (Wildman–Crippen MR) is 79.7 cm³/mol. The van der Waals surface area contributed by atoms with Gasteiger partial charge in [0.05, 0.1) is 5.75 Å². The fourth-order valence-electron chi connectivity index (χ4n) is 1.82. The number of hydrogen-bond donors (Lipinski definition) is 1. The number of unbranched alkanes of at least 4 members (excludes halogenated alkanes) is 1. The monoisotopic (exact) mass is 304 g/mol. The van der Waals surface area contributed by atoms with Gasteiger partial charge in [0, 0.05) is 18.1 Å². The summed E-state index contributed by atoms with van der Waals surface area (Å²) >= 11 is 6.10. The van der Waals surface area contributed by atoms with Crippen LogP contribution in [0.15, 0.2) is 24.3 Å². The molecule has 1 unspecified atom stereocenters. The third-order valence-electron chi connectivity index (χ3n) is 3.20. The van der Waals surface area contributed by atoms with Crippen LogP contribution in [0, 0.1) is 0 Å². The maximum Gasteiger partial charge on any atom is 0.214 e. The van der Waals surface area contributed by atoms with E-state index in [9.17, 15) is 8.42 Å². The zero-order chi connectivity index (χ0) is 14.5. The van der Waals surface area contributed by atoms with Gasteiger partial charge in [-0.1, -0.05) is 29.8 Å². The van der Waals surface area contributed by atoms with Gasteiger partial charge in [0.1, 0.15) is 0 Å². The van der Waals surface area contributed by atoms with Crippen molar-refractivity contribution in [2.45, 2.75) is 25.8 Å². The van der Waals surface area contributed by atoms with E-state index in [0.29, 0.717) is 24.4 Å². The molecule has 1 rings (SSSR count). The summed E-state index contributed by atoms with van der Waals surface area (Å²) in [7, 11) is -1.69. The van der Waals surface area contributed by atoms with Crippen LogP contribution in [0.3, 0.4) is 0 Å². The van der Waals surface area contributed by atoms with Crippen molar-refractivity contribution in [2.75, 3.05) is 19.3 Å². The average Bonchev–Trinajstić information content (AvgIpc) is 2.38. The number of sulfonamides is 1. The summed E-state index contributed by atoms with van der Waals surface area (Å²) in [5.74, 6) is 0.121. The fourth-order valence-corrected chi connectivity index (χ4v) is 3.57. The minimum absolute atomic E-state index is 0.121. The lowest BCUT2D eigenvalue weighted by Crippen LogP contribution is -2.32. The van der Waals surface area contributed by atoms with E-state index >= 15 is 0 Å². The summed E-state index contributed by atoms with van der Waals surface area (Å²) in [5, 5.41) is 0.582. The molecule has 0 saturated carbocycles. The molecule has 0 amide bonds. The zero-order valence-corrected chi connectivity index (χ0v) is 12.9. The third kappa shape index (κ3) is 4.45. The standard InChI is InChI=1S/C13H21ClN2O2S/c1-11(12-7-3-4-8-13(12)14)16(2)19(17,18)10-6-5-9-15/h3-4,7-8,11H,5-6,9-10,15H2,1-2H3. The van der Waals surface area contributed by atoms with Crippen LogP contribution >= 0.6 is 11.6 Å². The molecule has 0 fully saturated rings. The van der Waals surface area contributed by atoms with Crippen LogP contribution in [-0.4, -0.2) is 32.1 Å². The summed E-state index contributed by atoms with van der Waals surface area (Å²) < 4.78 is 25.7. The largest absolute Gasteiger partial charge is 0.330 e. The Balaban J connectivity index is 2.82. The van der Waals surface area contributed by atoms with Crippen molar-refractivity contribution in [1.82, 2.24) is 4.31 Å². The normalized spacial score (nSPS) is 13.7. The quantitative estimate of drug-likeness (QED) is 0.787. The predicted octanol–water partition coefficient (Wildman–Crippen LogP) is 2.40. The van der Waals surface area contributed by atoms with Crippen LogP contribution in [-0.2, 0) is 10.0 Å². The summed E-state index contributed by atoms with van der Waals surface area (Å²) in [6.45, 7) is 2.35. The summed E-state index contributed by atoms with van der Waals surface area (Å²) in [6, 6.07) is 7.01. The van der Waals surface area contributed by atoms with Crippen LogP contribution in [0.4, 0.5) is 0 Å². The Labute approximate surface area is 120 Å². The van der Waals surface area contributed by atoms with Gasteiger partial charge in [0.2, 0.25) is 10.0 Å². The first-order valence-corrected chi connectivity index (χ1v) is 8.29. The molecule has 0 heterocycles. The number of rotatable bonds is 7. The topological polar surface area (TPSA) is 63.4 Å². The molecule has 0 aliphatic rings. The zero-order valence-electron chi connectivity index (χ0n) is 11.3. The molecule has 0 aliphatic carbocycles. The van der Waals surface area contributed by atoms with Gasteiger partial charge >= 0.3 is 0 Å². The third-order valence-corrected chi connectivity index (χ3v) is 5.54. The van der Waals surface area contributed by atoms with E-state index in [2.05, 4.69) is 0 Å². The van der Waals surface area contributed by atoms with Gasteiger partial charge < -0.3 is 5.73 Å². The highest BCUT2D eigenvalue weighted by Crippen LogP contribution is 2.28. The Morgan fingerprint density at radius 1 is 1.32 bits per heavy atom. The Bertz CT molecular complexity index is 505. The first-order chi connectivity index (χ1) is 8.90. The molecule has 19 heavy (non-hydrogen) atoms. The first-order valence-electron chi connectivity index (χ1n) is 6.30. The maximum absolute atomic E-state index is 12.2. The van der Waals surface area contributed by atoms with Crippen molar-refractivity contribution in [3.63, 3.8) is 0 Å². The van der Waals surface area contributed by atoms with Gasteiger partial charge in [-0.25, -0.2) is 8.42 Å². The van der Waals surface area contributed by atoms with E-state index in [4.69, 9.17) is 17.3 Å². The van der Waals surface area contributed by atoms with Crippen LogP contribution in [0.25, 0.3) is 0 Å². The van der Waals surface area contributed by atoms with Crippen molar-refractivity contribution >= 4 is 21.6 Å². The molecule has 0 radical (unpaired) electrons. The number of nitrogens with zero attached hydrogens (tertiary/aromatic N) is 1. The van der Waals surface area contributed by atoms with E-state index < -0.39 is 10.0 Å². The van der Waals surface area contributed by atoms with Crippen LogP contribution in [0.2, 0.25) is 5.02 Å². The molecule has 0 bridgehead atoms. The summed E-state index contributed by atoms with van der Waals surface area (Å²) in [5.41, 5.74) is 6.19. The van der Waals surface area contributed by atoms with Gasteiger partial charge in [0.25, 0.3) is 0 Å². The minimum Gasteiger partial charge on any atom is -0.330 e. The highest BCUT2D eigenvalue weighted by Gasteiger charge is 2.24. The lowest BCUT2D eigenvalue weighted by Gasteiger charge is -2.25. The number of hydrogen-bond acceptors (Lipinski definition) is 3. The molecule has 4 nitrogen and oxygen atoms in total. The molecule has 108 valence electrons. The Morgan fingerprint density at radius 2 is 1.95 bits per heavy atom. The second-order valence-corrected chi connectivity index (χ2v) is 7.08. The van der Waals surface area contributed by atoms with Crippen molar-refractivity contribution in [1.29, 1.82) is 0 Å². The molecule has 0 spiro atoms. The summed E-state index contributed by atoms with van der Waals surface area (Å²) in [4.78, 5) is 0. The highest BCUT2D eigenvalue weighted by atomic mass is 35.5. The van der Waals surface area contributed by atoms with Crippen molar-refractivity contribution < 1.29 is 8.42 Å². The van der Waals surface area contributed by atoms with Crippen LogP contribution < -0.4 is 5.73 Å². The van der Waals surface area contributed by atoms with Gasteiger partial charge in [0.15, 0.2) is 0 Å². The lowest BCUT2D eigenvalue weighted by molar-refractivity contribution is 0.397. The number of benzene rings is 1. The number of nitrogens with two attached hydrogens (primary N) is 1. The second kappa shape index (κ2) is 7.24. The first kappa shape index (κ1) is 16.4. The molecule has 0 aliphatic heterocycles. The van der Waals surface area contributed by atoms with Crippen LogP contribution in [0.5, 0.6) is 0 Å². The Morgan fingerprint density at radius 3 is 2.53 bits per heavy atom. The number of halogens is 1. The molecule has 0 aromatic heterocycles.